The molecule has 0 aliphatic rings. The highest BCUT2D eigenvalue weighted by atomic mass is 16.5. The van der Waals surface area contributed by atoms with Crippen molar-refractivity contribution in [3.05, 3.63) is 18.0 Å². The van der Waals surface area contributed by atoms with E-state index in [-0.39, 0.29) is 0 Å². The Morgan fingerprint density at radius 3 is 2.83 bits per heavy atom. The van der Waals surface area contributed by atoms with Crippen LogP contribution in [-0.2, 0) is 0 Å². The standard InChI is InChI=1S/C6H5N3O.C2H6/c1-4-2-5-6(3-7-4)10-9-8-5;1-2/h2-3H,1H3;1-2H3. The van der Waals surface area contributed by atoms with Gasteiger partial charge in [-0.05, 0) is 13.0 Å². The third-order valence-electron chi connectivity index (χ3n) is 1.27. The van der Waals surface area contributed by atoms with E-state index < -0.39 is 0 Å². The summed E-state index contributed by atoms with van der Waals surface area (Å²) in [6.07, 6.45) is 1.62. The summed E-state index contributed by atoms with van der Waals surface area (Å²) >= 11 is 0. The SMILES string of the molecule is CC.Cc1cc2nnoc2cn1. The molecular weight excluding hydrogens is 154 g/mol. The molecule has 0 aliphatic carbocycles. The summed E-state index contributed by atoms with van der Waals surface area (Å²) in [5.41, 5.74) is 2.31. The number of aryl methyl sites for hydroxylation is 1. The van der Waals surface area contributed by atoms with Crippen molar-refractivity contribution < 1.29 is 4.52 Å². The van der Waals surface area contributed by atoms with Crippen molar-refractivity contribution in [2.24, 2.45) is 0 Å². The van der Waals surface area contributed by atoms with Crippen molar-refractivity contribution in [2.45, 2.75) is 20.8 Å². The summed E-state index contributed by atoms with van der Waals surface area (Å²) in [5, 5.41) is 7.10. The highest BCUT2D eigenvalue weighted by Crippen LogP contribution is 2.08. The summed E-state index contributed by atoms with van der Waals surface area (Å²) in [6.45, 7) is 5.90. The molecule has 2 heterocycles. The van der Waals surface area contributed by atoms with E-state index in [2.05, 4.69) is 15.4 Å². The van der Waals surface area contributed by atoms with Crippen molar-refractivity contribution in [1.29, 1.82) is 0 Å². The van der Waals surface area contributed by atoms with Crippen LogP contribution in [0.2, 0.25) is 0 Å². The number of hydrogen-bond acceptors (Lipinski definition) is 4. The predicted molar refractivity (Wildman–Crippen MR) is 45.7 cm³/mol. The molecule has 0 atom stereocenters. The lowest BCUT2D eigenvalue weighted by molar-refractivity contribution is 0.423. The molecule has 0 amide bonds. The molecule has 0 spiro atoms. The Bertz CT molecular complexity index is 356. The maximum absolute atomic E-state index is 4.75. The van der Waals surface area contributed by atoms with Gasteiger partial charge in [0.25, 0.3) is 0 Å². The molecule has 0 bridgehead atoms. The lowest BCUT2D eigenvalue weighted by atomic mass is 10.3. The quantitative estimate of drug-likeness (QED) is 0.598. The van der Waals surface area contributed by atoms with E-state index in [0.29, 0.717) is 5.58 Å². The van der Waals surface area contributed by atoms with E-state index in [4.69, 9.17) is 4.52 Å². The molecule has 4 nitrogen and oxygen atoms in total. The van der Waals surface area contributed by atoms with Gasteiger partial charge in [-0.3, -0.25) is 4.98 Å². The summed E-state index contributed by atoms with van der Waals surface area (Å²) in [5.74, 6) is 0. The summed E-state index contributed by atoms with van der Waals surface area (Å²) in [7, 11) is 0. The molecule has 2 aromatic heterocycles. The largest absolute Gasteiger partial charge is 0.335 e. The number of nitrogens with zero attached hydrogens (tertiary/aromatic N) is 3. The van der Waals surface area contributed by atoms with Crippen molar-refractivity contribution in [2.75, 3.05) is 0 Å². The minimum atomic E-state index is 0.630. The lowest BCUT2D eigenvalue weighted by Gasteiger charge is -1.85. The van der Waals surface area contributed by atoms with Gasteiger partial charge in [0.2, 0.25) is 5.58 Å². The van der Waals surface area contributed by atoms with Crippen LogP contribution in [0, 0.1) is 6.92 Å². The molecule has 0 N–H and O–H groups in total. The van der Waals surface area contributed by atoms with Crippen LogP contribution in [0.25, 0.3) is 11.1 Å². The zero-order chi connectivity index (χ0) is 8.97. The fourth-order valence-corrected chi connectivity index (χ4v) is 0.790. The van der Waals surface area contributed by atoms with Crippen LogP contribution in [-0.4, -0.2) is 15.4 Å². The Kier molecular flexibility index (Phi) is 2.74. The van der Waals surface area contributed by atoms with Gasteiger partial charge >= 0.3 is 0 Å². The first-order valence-electron chi connectivity index (χ1n) is 3.91. The number of rotatable bonds is 0. The third-order valence-corrected chi connectivity index (χ3v) is 1.27. The molecule has 4 heteroatoms. The van der Waals surface area contributed by atoms with Crippen LogP contribution in [0.5, 0.6) is 0 Å². The molecule has 0 aromatic carbocycles. The van der Waals surface area contributed by atoms with Gasteiger partial charge in [-0.1, -0.05) is 13.8 Å². The van der Waals surface area contributed by atoms with Gasteiger partial charge in [0.1, 0.15) is 5.52 Å². The average Bonchev–Trinajstić information content (AvgIpc) is 2.54. The van der Waals surface area contributed by atoms with E-state index in [1.54, 1.807) is 6.20 Å². The number of hydrogen-bond donors (Lipinski definition) is 0. The smallest absolute Gasteiger partial charge is 0.205 e. The first-order chi connectivity index (χ1) is 5.86. The van der Waals surface area contributed by atoms with Crippen LogP contribution < -0.4 is 0 Å². The molecule has 2 rings (SSSR count). The highest BCUT2D eigenvalue weighted by molar-refractivity contribution is 5.70. The van der Waals surface area contributed by atoms with E-state index in [1.807, 2.05) is 26.8 Å². The summed E-state index contributed by atoms with van der Waals surface area (Å²) in [6, 6.07) is 1.83. The molecule has 0 aliphatic heterocycles. The van der Waals surface area contributed by atoms with Crippen LogP contribution in [0.1, 0.15) is 19.5 Å². The Balaban J connectivity index is 0.000000336. The van der Waals surface area contributed by atoms with Crippen molar-refractivity contribution in [3.63, 3.8) is 0 Å². The Morgan fingerprint density at radius 1 is 1.33 bits per heavy atom. The van der Waals surface area contributed by atoms with E-state index in [9.17, 15) is 0 Å². The molecule has 0 saturated heterocycles. The highest BCUT2D eigenvalue weighted by Gasteiger charge is 1.98. The van der Waals surface area contributed by atoms with Gasteiger partial charge < -0.3 is 4.52 Å². The van der Waals surface area contributed by atoms with Gasteiger partial charge in [-0.15, -0.1) is 5.10 Å². The molecule has 2 aromatic rings. The lowest BCUT2D eigenvalue weighted by Crippen LogP contribution is -1.77. The van der Waals surface area contributed by atoms with Gasteiger partial charge in [-0.25, -0.2) is 0 Å². The first-order valence-corrected chi connectivity index (χ1v) is 3.91. The van der Waals surface area contributed by atoms with Crippen LogP contribution in [0.15, 0.2) is 16.8 Å². The van der Waals surface area contributed by atoms with Crippen LogP contribution in [0.4, 0.5) is 0 Å². The Morgan fingerprint density at radius 2 is 2.08 bits per heavy atom. The van der Waals surface area contributed by atoms with Crippen molar-refractivity contribution in [1.82, 2.24) is 15.4 Å². The number of pyridine rings is 1. The molecule has 0 fully saturated rings. The zero-order valence-electron chi connectivity index (χ0n) is 7.40. The number of fused-ring (bicyclic) bond motifs is 1. The maximum atomic E-state index is 4.75. The van der Waals surface area contributed by atoms with Crippen LogP contribution in [0.3, 0.4) is 0 Å². The van der Waals surface area contributed by atoms with Crippen molar-refractivity contribution >= 4 is 11.1 Å². The second kappa shape index (κ2) is 3.80. The minimum absolute atomic E-state index is 0.630. The molecular formula is C8H11N3O. The second-order valence-corrected chi connectivity index (χ2v) is 2.07. The van der Waals surface area contributed by atoms with E-state index in [0.717, 1.165) is 11.2 Å². The fourth-order valence-electron chi connectivity index (χ4n) is 0.790. The Labute approximate surface area is 70.6 Å². The third kappa shape index (κ3) is 1.58. The maximum Gasteiger partial charge on any atom is 0.205 e. The first kappa shape index (κ1) is 8.64. The van der Waals surface area contributed by atoms with Gasteiger partial charge in [0.15, 0.2) is 0 Å². The molecule has 64 valence electrons. The summed E-state index contributed by atoms with van der Waals surface area (Å²) < 4.78 is 4.75. The number of aromatic nitrogens is 3. The molecule has 0 radical (unpaired) electrons. The molecule has 12 heavy (non-hydrogen) atoms. The van der Waals surface area contributed by atoms with E-state index in [1.165, 1.54) is 0 Å². The predicted octanol–water partition coefficient (Wildman–Crippen LogP) is 1.95. The van der Waals surface area contributed by atoms with Gasteiger partial charge in [-0.2, -0.15) is 0 Å². The average molecular weight is 165 g/mol. The molecule has 0 saturated carbocycles. The summed E-state index contributed by atoms with van der Waals surface area (Å²) in [4.78, 5) is 4.01. The Hall–Kier alpha value is -1.45. The molecule has 0 unspecified atom stereocenters. The topological polar surface area (TPSA) is 51.8 Å². The fraction of sp³-hybridized carbons (Fsp3) is 0.375. The normalized spacial score (nSPS) is 9.25. The van der Waals surface area contributed by atoms with E-state index >= 15 is 0 Å². The second-order valence-electron chi connectivity index (χ2n) is 2.07. The van der Waals surface area contributed by atoms with Crippen LogP contribution >= 0.6 is 0 Å². The zero-order valence-corrected chi connectivity index (χ0v) is 7.40. The van der Waals surface area contributed by atoms with Gasteiger partial charge in [0.05, 0.1) is 6.20 Å². The monoisotopic (exact) mass is 165 g/mol. The van der Waals surface area contributed by atoms with Gasteiger partial charge in [0, 0.05) is 11.0 Å². The minimum Gasteiger partial charge on any atom is -0.335 e. The van der Waals surface area contributed by atoms with Crippen molar-refractivity contribution in [3.8, 4) is 0 Å².